The molecule has 3 N–H and O–H groups in total. The van der Waals surface area contributed by atoms with E-state index in [4.69, 9.17) is 0 Å². The first-order valence-corrected chi connectivity index (χ1v) is 9.41. The predicted octanol–water partition coefficient (Wildman–Crippen LogP) is 3.11. The van der Waals surface area contributed by atoms with Crippen LogP contribution in [0.4, 0.5) is 16.2 Å². The SMILES string of the molecule is O=C(CNC(=O)NCc1ccccc1)Nc1ccc(N2CCCCC2)cc1. The number of rotatable bonds is 6. The summed E-state index contributed by atoms with van der Waals surface area (Å²) < 4.78 is 0. The number of hydrogen-bond donors (Lipinski definition) is 3. The maximum absolute atomic E-state index is 12.0. The highest BCUT2D eigenvalue weighted by molar-refractivity contribution is 5.94. The van der Waals surface area contributed by atoms with Crippen LogP contribution < -0.4 is 20.9 Å². The number of benzene rings is 2. The minimum Gasteiger partial charge on any atom is -0.372 e. The zero-order chi connectivity index (χ0) is 18.9. The summed E-state index contributed by atoms with van der Waals surface area (Å²) in [6.45, 7) is 2.53. The van der Waals surface area contributed by atoms with E-state index in [1.54, 1.807) is 0 Å². The second-order valence-electron chi connectivity index (χ2n) is 6.66. The molecule has 2 aromatic rings. The van der Waals surface area contributed by atoms with Crippen LogP contribution in [0.2, 0.25) is 0 Å². The molecule has 1 fully saturated rings. The molecule has 1 heterocycles. The van der Waals surface area contributed by atoms with E-state index in [9.17, 15) is 9.59 Å². The molecule has 27 heavy (non-hydrogen) atoms. The third-order valence-electron chi connectivity index (χ3n) is 4.58. The Morgan fingerprint density at radius 2 is 1.56 bits per heavy atom. The molecule has 0 saturated carbocycles. The summed E-state index contributed by atoms with van der Waals surface area (Å²) >= 11 is 0. The molecule has 1 saturated heterocycles. The topological polar surface area (TPSA) is 73.5 Å². The monoisotopic (exact) mass is 366 g/mol. The van der Waals surface area contributed by atoms with E-state index >= 15 is 0 Å². The summed E-state index contributed by atoms with van der Waals surface area (Å²) in [6, 6.07) is 17.1. The molecule has 0 aromatic heterocycles. The molecule has 0 bridgehead atoms. The molecule has 0 radical (unpaired) electrons. The smallest absolute Gasteiger partial charge is 0.315 e. The van der Waals surface area contributed by atoms with Gasteiger partial charge in [-0.25, -0.2) is 4.79 Å². The lowest BCUT2D eigenvalue weighted by atomic mass is 10.1. The van der Waals surface area contributed by atoms with Crippen LogP contribution in [0, 0.1) is 0 Å². The molecule has 142 valence electrons. The molecular weight excluding hydrogens is 340 g/mol. The van der Waals surface area contributed by atoms with Crippen molar-refractivity contribution in [2.24, 2.45) is 0 Å². The zero-order valence-electron chi connectivity index (χ0n) is 15.4. The fourth-order valence-corrected chi connectivity index (χ4v) is 3.11. The lowest BCUT2D eigenvalue weighted by molar-refractivity contribution is -0.115. The van der Waals surface area contributed by atoms with Crippen LogP contribution in [-0.2, 0) is 11.3 Å². The van der Waals surface area contributed by atoms with Crippen molar-refractivity contribution in [1.29, 1.82) is 0 Å². The van der Waals surface area contributed by atoms with Gasteiger partial charge in [0.1, 0.15) is 0 Å². The predicted molar refractivity (Wildman–Crippen MR) is 108 cm³/mol. The van der Waals surface area contributed by atoms with Gasteiger partial charge in [-0.1, -0.05) is 30.3 Å². The Kier molecular flexibility index (Phi) is 6.68. The number of anilines is 2. The molecule has 0 atom stereocenters. The van der Waals surface area contributed by atoms with Crippen LogP contribution in [0.25, 0.3) is 0 Å². The van der Waals surface area contributed by atoms with E-state index in [2.05, 4.69) is 20.9 Å². The standard InChI is InChI=1S/C21H26N4O2/c26-20(16-23-21(27)22-15-17-7-3-1-4-8-17)24-18-9-11-19(12-10-18)25-13-5-2-6-14-25/h1,3-4,7-12H,2,5-6,13-16H2,(H,24,26)(H2,22,23,27). The number of hydrogen-bond acceptors (Lipinski definition) is 3. The molecule has 1 aliphatic rings. The molecule has 3 rings (SSSR count). The third-order valence-corrected chi connectivity index (χ3v) is 4.58. The van der Waals surface area contributed by atoms with Crippen LogP contribution in [0.5, 0.6) is 0 Å². The molecule has 0 aliphatic carbocycles. The van der Waals surface area contributed by atoms with Crippen molar-refractivity contribution in [2.45, 2.75) is 25.8 Å². The van der Waals surface area contributed by atoms with Gasteiger partial charge in [-0.3, -0.25) is 4.79 Å². The van der Waals surface area contributed by atoms with Gasteiger partial charge in [-0.05, 0) is 49.1 Å². The lowest BCUT2D eigenvalue weighted by Crippen LogP contribution is -2.39. The van der Waals surface area contributed by atoms with Crippen LogP contribution >= 0.6 is 0 Å². The average molecular weight is 366 g/mol. The van der Waals surface area contributed by atoms with E-state index < -0.39 is 0 Å². The largest absolute Gasteiger partial charge is 0.372 e. The van der Waals surface area contributed by atoms with Gasteiger partial charge in [-0.2, -0.15) is 0 Å². The first-order valence-electron chi connectivity index (χ1n) is 9.41. The highest BCUT2D eigenvalue weighted by atomic mass is 16.2. The fraction of sp³-hybridized carbons (Fsp3) is 0.333. The Hall–Kier alpha value is -3.02. The van der Waals surface area contributed by atoms with Crippen molar-refractivity contribution in [3.8, 4) is 0 Å². The third kappa shape index (κ3) is 6.02. The molecule has 3 amide bonds. The molecule has 0 unspecified atom stereocenters. The maximum Gasteiger partial charge on any atom is 0.315 e. The van der Waals surface area contributed by atoms with Crippen molar-refractivity contribution in [1.82, 2.24) is 10.6 Å². The van der Waals surface area contributed by atoms with Gasteiger partial charge in [0.05, 0.1) is 6.54 Å². The minimum atomic E-state index is -0.366. The number of nitrogens with one attached hydrogen (secondary N) is 3. The van der Waals surface area contributed by atoms with Crippen LogP contribution in [0.3, 0.4) is 0 Å². The number of nitrogens with zero attached hydrogens (tertiary/aromatic N) is 1. The Morgan fingerprint density at radius 1 is 0.852 bits per heavy atom. The lowest BCUT2D eigenvalue weighted by Gasteiger charge is -2.28. The van der Waals surface area contributed by atoms with Crippen molar-refractivity contribution in [2.75, 3.05) is 29.9 Å². The summed E-state index contributed by atoms with van der Waals surface area (Å²) in [4.78, 5) is 26.2. The molecule has 1 aliphatic heterocycles. The fourth-order valence-electron chi connectivity index (χ4n) is 3.11. The Morgan fingerprint density at radius 3 is 2.26 bits per heavy atom. The van der Waals surface area contributed by atoms with Crippen LogP contribution in [0.15, 0.2) is 54.6 Å². The number of urea groups is 1. The second kappa shape index (κ2) is 9.62. The summed E-state index contributed by atoms with van der Waals surface area (Å²) in [5, 5.41) is 8.09. The molecule has 2 aromatic carbocycles. The van der Waals surface area contributed by atoms with Gasteiger partial charge in [0, 0.05) is 31.0 Å². The highest BCUT2D eigenvalue weighted by Gasteiger charge is 2.11. The zero-order valence-corrected chi connectivity index (χ0v) is 15.4. The van der Waals surface area contributed by atoms with E-state index in [0.717, 1.165) is 24.3 Å². The summed E-state index contributed by atoms with van der Waals surface area (Å²) in [6.07, 6.45) is 3.77. The number of amides is 3. The Balaban J connectivity index is 1.39. The molecule has 0 spiro atoms. The average Bonchev–Trinajstić information content (AvgIpc) is 2.73. The number of carbonyl (C=O) groups excluding carboxylic acids is 2. The quantitative estimate of drug-likeness (QED) is 0.735. The van der Waals surface area contributed by atoms with Gasteiger partial charge in [-0.15, -0.1) is 0 Å². The normalized spacial score (nSPS) is 13.7. The summed E-state index contributed by atoms with van der Waals surface area (Å²) in [7, 11) is 0. The maximum atomic E-state index is 12.0. The van der Waals surface area contributed by atoms with Crippen molar-refractivity contribution in [3.05, 3.63) is 60.2 Å². The Labute approximate surface area is 159 Å². The number of piperidine rings is 1. The van der Waals surface area contributed by atoms with E-state index in [0.29, 0.717) is 6.54 Å². The minimum absolute atomic E-state index is 0.0749. The van der Waals surface area contributed by atoms with Crippen molar-refractivity contribution >= 4 is 23.3 Å². The first-order chi connectivity index (χ1) is 13.2. The molecule has 6 heteroatoms. The van der Waals surface area contributed by atoms with Gasteiger partial charge in [0.2, 0.25) is 5.91 Å². The van der Waals surface area contributed by atoms with Crippen LogP contribution in [0.1, 0.15) is 24.8 Å². The van der Waals surface area contributed by atoms with Gasteiger partial charge < -0.3 is 20.9 Å². The van der Waals surface area contributed by atoms with E-state index in [-0.39, 0.29) is 18.5 Å². The molecule has 6 nitrogen and oxygen atoms in total. The summed E-state index contributed by atoms with van der Waals surface area (Å²) in [5.74, 6) is -0.254. The summed E-state index contributed by atoms with van der Waals surface area (Å²) in [5.41, 5.74) is 2.92. The van der Waals surface area contributed by atoms with E-state index in [1.807, 2.05) is 54.6 Å². The van der Waals surface area contributed by atoms with Crippen molar-refractivity contribution in [3.63, 3.8) is 0 Å². The Bertz CT molecular complexity index is 741. The van der Waals surface area contributed by atoms with Gasteiger partial charge in [0.15, 0.2) is 0 Å². The molecular formula is C21H26N4O2. The van der Waals surface area contributed by atoms with Gasteiger partial charge in [0.25, 0.3) is 0 Å². The second-order valence-corrected chi connectivity index (χ2v) is 6.66. The van der Waals surface area contributed by atoms with E-state index in [1.165, 1.54) is 24.9 Å². The highest BCUT2D eigenvalue weighted by Crippen LogP contribution is 2.21. The van der Waals surface area contributed by atoms with Crippen molar-refractivity contribution < 1.29 is 9.59 Å². The number of carbonyl (C=O) groups is 2. The van der Waals surface area contributed by atoms with Crippen LogP contribution in [-0.4, -0.2) is 31.6 Å². The first kappa shape index (κ1) is 18.8. The van der Waals surface area contributed by atoms with Gasteiger partial charge >= 0.3 is 6.03 Å².